The Kier molecular flexibility index (Phi) is 12.7. The van der Waals surface area contributed by atoms with E-state index in [4.69, 9.17) is 24.8 Å². The highest BCUT2D eigenvalue weighted by atomic mass is 19.4. The normalized spacial score (nSPS) is 15.3. The molecule has 10 nitrogen and oxygen atoms in total. The quantitative estimate of drug-likeness (QED) is 0.415. The lowest BCUT2D eigenvalue weighted by Crippen LogP contribution is -2.29. The summed E-state index contributed by atoms with van der Waals surface area (Å²) in [7, 11) is 0. The second-order valence-electron chi connectivity index (χ2n) is 9.99. The minimum absolute atomic E-state index is 0.121. The van der Waals surface area contributed by atoms with E-state index in [0.29, 0.717) is 0 Å². The van der Waals surface area contributed by atoms with Gasteiger partial charge in [0.15, 0.2) is 0 Å². The number of carbonyl (C=O) groups is 3. The van der Waals surface area contributed by atoms with Crippen LogP contribution >= 0.6 is 0 Å². The number of carboxylic acid groups (broad SMARTS) is 2. The third-order valence-corrected chi connectivity index (χ3v) is 6.20. The Bertz CT molecular complexity index is 1210. The van der Waals surface area contributed by atoms with Crippen molar-refractivity contribution in [2.45, 2.75) is 64.5 Å². The number of anilines is 1. The zero-order valence-corrected chi connectivity index (χ0v) is 23.5. The number of likely N-dealkylation sites (tertiary alicyclic amines) is 1. The van der Waals surface area contributed by atoms with Gasteiger partial charge in [0.25, 0.3) is 5.91 Å². The zero-order valence-electron chi connectivity index (χ0n) is 23.5. The number of hydrogen-bond donors (Lipinski definition) is 3. The molecular formula is C27H33F6N5O5. The molecule has 0 atom stereocenters. The van der Waals surface area contributed by atoms with Gasteiger partial charge in [-0.2, -0.15) is 26.3 Å². The van der Waals surface area contributed by atoms with Crippen molar-refractivity contribution < 1.29 is 50.9 Å². The van der Waals surface area contributed by atoms with Crippen LogP contribution in [0.5, 0.6) is 0 Å². The van der Waals surface area contributed by atoms with E-state index in [-0.39, 0.29) is 11.9 Å². The standard InChI is InChI=1S/C23H31N5O.2C2HF3O2/c1-17(2)25-22-20(23(29)28-11-5-6-12-28)15-18-8-13-27(14-9-21(18)26-22)16-19-7-3-4-10-24-19;2*3-2(4,5)1(6)7/h3-4,7,10,15,17H,5-6,8-9,11-14,16H2,1-2H3,(H,25,26);2*(H,6,7). The van der Waals surface area contributed by atoms with Crippen molar-refractivity contribution >= 4 is 23.7 Å². The van der Waals surface area contributed by atoms with Crippen molar-refractivity contribution in [3.05, 3.63) is 53.0 Å². The number of amides is 1. The molecule has 4 rings (SSSR count). The molecule has 0 unspecified atom stereocenters. The fourth-order valence-electron chi connectivity index (χ4n) is 4.20. The van der Waals surface area contributed by atoms with Gasteiger partial charge in [0, 0.05) is 57.1 Å². The van der Waals surface area contributed by atoms with Gasteiger partial charge in [-0.15, -0.1) is 0 Å². The van der Waals surface area contributed by atoms with Crippen molar-refractivity contribution in [2.24, 2.45) is 0 Å². The lowest BCUT2D eigenvalue weighted by atomic mass is 10.0. The summed E-state index contributed by atoms with van der Waals surface area (Å²) in [6.07, 6.45) is -4.31. The molecule has 1 saturated heterocycles. The molecule has 4 heterocycles. The highest BCUT2D eigenvalue weighted by molar-refractivity contribution is 5.99. The molecule has 0 spiro atoms. The molecule has 2 aromatic heterocycles. The van der Waals surface area contributed by atoms with E-state index in [1.165, 1.54) is 5.56 Å². The van der Waals surface area contributed by atoms with Gasteiger partial charge in [0.05, 0.1) is 11.3 Å². The summed E-state index contributed by atoms with van der Waals surface area (Å²) >= 11 is 0. The second-order valence-corrected chi connectivity index (χ2v) is 9.99. The first-order chi connectivity index (χ1) is 20.0. The SMILES string of the molecule is CC(C)Nc1nc2c(cc1C(=O)N1CCCC1)CCN(Cc1ccccn1)CC2.O=C(O)C(F)(F)F.O=C(O)C(F)(F)F. The van der Waals surface area contributed by atoms with E-state index in [1.807, 2.05) is 23.2 Å². The number of halogens is 6. The van der Waals surface area contributed by atoms with E-state index < -0.39 is 24.3 Å². The van der Waals surface area contributed by atoms with E-state index in [1.54, 1.807) is 0 Å². The van der Waals surface area contributed by atoms with Gasteiger partial charge in [-0.25, -0.2) is 14.6 Å². The monoisotopic (exact) mass is 621 g/mol. The minimum Gasteiger partial charge on any atom is -0.475 e. The Hall–Kier alpha value is -3.95. The summed E-state index contributed by atoms with van der Waals surface area (Å²) in [5.41, 5.74) is 4.16. The van der Waals surface area contributed by atoms with Crippen molar-refractivity contribution in [3.63, 3.8) is 0 Å². The van der Waals surface area contributed by atoms with E-state index >= 15 is 0 Å². The molecule has 2 aliphatic heterocycles. The molecule has 3 N–H and O–H groups in total. The van der Waals surface area contributed by atoms with Gasteiger partial charge in [0.1, 0.15) is 5.82 Å². The average Bonchev–Trinajstić information content (AvgIpc) is 3.38. The number of fused-ring (bicyclic) bond motifs is 1. The summed E-state index contributed by atoms with van der Waals surface area (Å²) in [6, 6.07) is 8.41. The topological polar surface area (TPSA) is 136 Å². The molecule has 1 amide bonds. The summed E-state index contributed by atoms with van der Waals surface area (Å²) in [6.45, 7) is 8.66. The summed E-state index contributed by atoms with van der Waals surface area (Å²) in [4.78, 5) is 44.8. The smallest absolute Gasteiger partial charge is 0.475 e. The number of carbonyl (C=O) groups excluding carboxylic acids is 1. The number of carboxylic acids is 2. The van der Waals surface area contributed by atoms with Crippen LogP contribution in [-0.4, -0.2) is 92.4 Å². The lowest BCUT2D eigenvalue weighted by molar-refractivity contribution is -0.193. The highest BCUT2D eigenvalue weighted by Crippen LogP contribution is 2.25. The lowest BCUT2D eigenvalue weighted by Gasteiger charge is -2.21. The van der Waals surface area contributed by atoms with E-state index in [2.05, 4.69) is 41.2 Å². The van der Waals surface area contributed by atoms with Crippen LogP contribution in [0.1, 0.15) is 54.0 Å². The zero-order chi connectivity index (χ0) is 32.4. The molecule has 0 saturated carbocycles. The number of aromatic nitrogens is 2. The molecule has 2 aromatic rings. The molecule has 43 heavy (non-hydrogen) atoms. The molecule has 1 fully saturated rings. The first kappa shape index (κ1) is 35.2. The molecule has 0 aliphatic carbocycles. The highest BCUT2D eigenvalue weighted by Gasteiger charge is 2.39. The molecule has 238 valence electrons. The molecule has 0 radical (unpaired) electrons. The average molecular weight is 622 g/mol. The first-order valence-electron chi connectivity index (χ1n) is 13.3. The summed E-state index contributed by atoms with van der Waals surface area (Å²) in [5.74, 6) is -4.65. The molecular weight excluding hydrogens is 588 g/mol. The number of aliphatic carboxylic acids is 2. The van der Waals surface area contributed by atoms with Gasteiger partial charge in [-0.05, 0) is 56.9 Å². The van der Waals surface area contributed by atoms with Gasteiger partial charge in [-0.3, -0.25) is 14.7 Å². The van der Waals surface area contributed by atoms with E-state index in [9.17, 15) is 31.1 Å². The maximum Gasteiger partial charge on any atom is 0.490 e. The maximum absolute atomic E-state index is 13.2. The number of nitrogens with one attached hydrogen (secondary N) is 1. The van der Waals surface area contributed by atoms with E-state index in [0.717, 1.165) is 81.2 Å². The predicted molar refractivity (Wildman–Crippen MR) is 142 cm³/mol. The first-order valence-corrected chi connectivity index (χ1v) is 13.3. The van der Waals surface area contributed by atoms with Gasteiger partial charge in [-0.1, -0.05) is 6.07 Å². The van der Waals surface area contributed by atoms with Crippen LogP contribution in [0.4, 0.5) is 32.2 Å². The third kappa shape index (κ3) is 11.7. The Labute approximate surface area is 243 Å². The van der Waals surface area contributed by atoms with Crippen LogP contribution in [0.15, 0.2) is 30.5 Å². The maximum atomic E-state index is 13.2. The van der Waals surface area contributed by atoms with Gasteiger partial charge in [0.2, 0.25) is 0 Å². The summed E-state index contributed by atoms with van der Waals surface area (Å²) in [5, 5.41) is 17.7. The van der Waals surface area contributed by atoms with Crippen LogP contribution < -0.4 is 5.32 Å². The van der Waals surface area contributed by atoms with Crippen molar-refractivity contribution in [1.82, 2.24) is 19.8 Å². The van der Waals surface area contributed by atoms with Crippen LogP contribution in [0.3, 0.4) is 0 Å². The molecule has 0 bridgehead atoms. The fourth-order valence-corrected chi connectivity index (χ4v) is 4.20. The Balaban J connectivity index is 0.000000384. The minimum atomic E-state index is -5.08. The Morgan fingerprint density at radius 2 is 1.49 bits per heavy atom. The number of hydrogen-bond acceptors (Lipinski definition) is 7. The van der Waals surface area contributed by atoms with Crippen LogP contribution in [0.2, 0.25) is 0 Å². The predicted octanol–water partition coefficient (Wildman–Crippen LogP) is 4.40. The second kappa shape index (κ2) is 15.5. The van der Waals surface area contributed by atoms with Gasteiger partial charge < -0.3 is 20.4 Å². The number of rotatable bonds is 5. The Morgan fingerprint density at radius 1 is 0.930 bits per heavy atom. The van der Waals surface area contributed by atoms with Crippen LogP contribution in [-0.2, 0) is 29.0 Å². The third-order valence-electron chi connectivity index (χ3n) is 6.20. The van der Waals surface area contributed by atoms with Crippen molar-refractivity contribution in [1.29, 1.82) is 0 Å². The number of pyridine rings is 2. The van der Waals surface area contributed by atoms with Crippen LogP contribution in [0.25, 0.3) is 0 Å². The van der Waals surface area contributed by atoms with Crippen LogP contribution in [0, 0.1) is 0 Å². The van der Waals surface area contributed by atoms with Crippen molar-refractivity contribution in [3.8, 4) is 0 Å². The largest absolute Gasteiger partial charge is 0.490 e. The summed E-state index contributed by atoms with van der Waals surface area (Å²) < 4.78 is 63.5. The molecule has 0 aromatic carbocycles. The Morgan fingerprint density at radius 3 is 1.98 bits per heavy atom. The fraction of sp³-hybridized carbons (Fsp3) is 0.519. The van der Waals surface area contributed by atoms with Gasteiger partial charge >= 0.3 is 24.3 Å². The van der Waals surface area contributed by atoms with Crippen molar-refractivity contribution in [2.75, 3.05) is 31.5 Å². The molecule has 16 heteroatoms. The number of nitrogens with zero attached hydrogens (tertiary/aromatic N) is 4. The number of alkyl halides is 6. The molecule has 2 aliphatic rings.